The normalized spacial score (nSPS) is 10.6. The van der Waals surface area contributed by atoms with Gasteiger partial charge in [0.2, 0.25) is 0 Å². The van der Waals surface area contributed by atoms with Gasteiger partial charge >= 0.3 is 0 Å². The van der Waals surface area contributed by atoms with Crippen LogP contribution in [0.2, 0.25) is 0 Å². The summed E-state index contributed by atoms with van der Waals surface area (Å²) in [5.74, 6) is 1.73. The highest BCUT2D eigenvalue weighted by molar-refractivity contribution is 6.17. The van der Waals surface area contributed by atoms with Gasteiger partial charge in [0.25, 0.3) is 0 Å². The van der Waals surface area contributed by atoms with E-state index in [9.17, 15) is 5.11 Å². The van der Waals surface area contributed by atoms with Gasteiger partial charge in [0.1, 0.15) is 11.5 Å². The monoisotopic (exact) mass is 236 g/mol. The topological polar surface area (TPSA) is 29.5 Å². The molecule has 0 saturated carbocycles. The Morgan fingerprint density at radius 2 is 1.81 bits per heavy atom. The summed E-state index contributed by atoms with van der Waals surface area (Å²) < 4.78 is 5.54. The predicted molar refractivity (Wildman–Crippen MR) is 66.4 cm³/mol. The van der Waals surface area contributed by atoms with E-state index in [-0.39, 0.29) is 5.75 Å². The molecule has 84 valence electrons. The number of hydrogen-bond acceptors (Lipinski definition) is 2. The van der Waals surface area contributed by atoms with Crippen molar-refractivity contribution in [2.75, 3.05) is 12.5 Å². The van der Waals surface area contributed by atoms with Crippen molar-refractivity contribution in [2.24, 2.45) is 0 Å². The van der Waals surface area contributed by atoms with E-state index >= 15 is 0 Å². The number of hydrogen-bond donors (Lipinski definition) is 1. The lowest BCUT2D eigenvalue weighted by molar-refractivity contribution is 0.319. The molecule has 1 N–H and O–H groups in total. The molecule has 0 fully saturated rings. The number of benzene rings is 2. The van der Waals surface area contributed by atoms with Crippen LogP contribution in [-0.4, -0.2) is 17.6 Å². The van der Waals surface area contributed by atoms with Gasteiger partial charge in [-0.2, -0.15) is 0 Å². The maximum atomic E-state index is 9.33. The number of phenolic OH excluding ortho intramolecular Hbond substituents is 1. The van der Waals surface area contributed by atoms with Crippen molar-refractivity contribution in [1.82, 2.24) is 0 Å². The van der Waals surface area contributed by atoms with E-state index in [1.165, 1.54) is 0 Å². The third kappa shape index (κ3) is 2.58. The molecule has 3 heteroatoms. The maximum absolute atomic E-state index is 9.33. The zero-order chi connectivity index (χ0) is 11.4. The Balaban J connectivity index is 2.20. The Bertz CT molecular complexity index is 482. The highest BCUT2D eigenvalue weighted by Gasteiger charge is 1.98. The zero-order valence-electron chi connectivity index (χ0n) is 8.82. The molecule has 0 spiro atoms. The molecular formula is C13H13ClO2. The first-order valence-electron chi connectivity index (χ1n) is 5.21. The van der Waals surface area contributed by atoms with Crippen LogP contribution in [0.1, 0.15) is 6.42 Å². The minimum Gasteiger partial charge on any atom is -0.508 e. The molecular weight excluding hydrogens is 224 g/mol. The van der Waals surface area contributed by atoms with E-state index in [1.807, 2.05) is 24.3 Å². The first-order chi connectivity index (χ1) is 7.79. The molecule has 0 aliphatic carbocycles. The SMILES string of the molecule is Oc1ccc2cc(OCCCCl)ccc2c1. The highest BCUT2D eigenvalue weighted by Crippen LogP contribution is 2.24. The maximum Gasteiger partial charge on any atom is 0.119 e. The smallest absolute Gasteiger partial charge is 0.119 e. The fourth-order valence-electron chi connectivity index (χ4n) is 1.55. The number of alkyl halides is 1. The zero-order valence-corrected chi connectivity index (χ0v) is 9.57. The molecule has 0 aliphatic rings. The van der Waals surface area contributed by atoms with Crippen LogP contribution in [0, 0.1) is 0 Å². The van der Waals surface area contributed by atoms with Gasteiger partial charge in [0.05, 0.1) is 6.61 Å². The first-order valence-corrected chi connectivity index (χ1v) is 5.74. The summed E-state index contributed by atoms with van der Waals surface area (Å²) in [5, 5.41) is 11.4. The van der Waals surface area contributed by atoms with Gasteiger partial charge in [-0.3, -0.25) is 0 Å². The molecule has 0 saturated heterocycles. The third-order valence-corrected chi connectivity index (χ3v) is 2.61. The van der Waals surface area contributed by atoms with Gasteiger partial charge in [0, 0.05) is 5.88 Å². The molecule has 0 amide bonds. The molecule has 0 bridgehead atoms. The molecule has 0 aliphatic heterocycles. The van der Waals surface area contributed by atoms with E-state index < -0.39 is 0 Å². The Labute approximate surface area is 99.4 Å². The summed E-state index contributed by atoms with van der Waals surface area (Å²) >= 11 is 5.57. The Hall–Kier alpha value is -1.41. The summed E-state index contributed by atoms with van der Waals surface area (Å²) in [6.45, 7) is 0.632. The number of phenols is 1. The van der Waals surface area contributed by atoms with Crippen LogP contribution in [-0.2, 0) is 0 Å². The molecule has 2 aromatic carbocycles. The van der Waals surface area contributed by atoms with Crippen molar-refractivity contribution < 1.29 is 9.84 Å². The minimum atomic E-state index is 0.281. The van der Waals surface area contributed by atoms with Crippen molar-refractivity contribution in [3.63, 3.8) is 0 Å². The summed E-state index contributed by atoms with van der Waals surface area (Å²) in [7, 11) is 0. The Morgan fingerprint density at radius 3 is 2.62 bits per heavy atom. The van der Waals surface area contributed by atoms with Crippen LogP contribution in [0.25, 0.3) is 10.8 Å². The first kappa shape index (κ1) is 11.1. The van der Waals surface area contributed by atoms with Crippen LogP contribution in [0.15, 0.2) is 36.4 Å². The largest absolute Gasteiger partial charge is 0.508 e. The van der Waals surface area contributed by atoms with Crippen molar-refractivity contribution in [3.8, 4) is 11.5 Å². The molecule has 0 radical (unpaired) electrons. The quantitative estimate of drug-likeness (QED) is 0.650. The van der Waals surface area contributed by atoms with E-state index in [4.69, 9.17) is 16.3 Å². The van der Waals surface area contributed by atoms with Crippen LogP contribution in [0.4, 0.5) is 0 Å². The molecule has 16 heavy (non-hydrogen) atoms. The Morgan fingerprint density at radius 1 is 1.06 bits per heavy atom. The van der Waals surface area contributed by atoms with Crippen molar-refractivity contribution in [1.29, 1.82) is 0 Å². The fraction of sp³-hybridized carbons (Fsp3) is 0.231. The van der Waals surface area contributed by atoms with Gasteiger partial charge < -0.3 is 9.84 Å². The summed E-state index contributed by atoms with van der Waals surface area (Å²) in [6, 6.07) is 11.1. The van der Waals surface area contributed by atoms with Crippen molar-refractivity contribution in [2.45, 2.75) is 6.42 Å². The van der Waals surface area contributed by atoms with Crippen LogP contribution in [0.5, 0.6) is 11.5 Å². The lowest BCUT2D eigenvalue weighted by Crippen LogP contribution is -1.97. The van der Waals surface area contributed by atoms with E-state index in [0.29, 0.717) is 12.5 Å². The average Bonchev–Trinajstić information content (AvgIpc) is 2.29. The number of ether oxygens (including phenoxy) is 1. The minimum absolute atomic E-state index is 0.281. The van der Waals surface area contributed by atoms with Crippen molar-refractivity contribution >= 4 is 22.4 Å². The summed E-state index contributed by atoms with van der Waals surface area (Å²) in [4.78, 5) is 0. The van der Waals surface area contributed by atoms with E-state index in [2.05, 4.69) is 0 Å². The van der Waals surface area contributed by atoms with Crippen molar-refractivity contribution in [3.05, 3.63) is 36.4 Å². The number of rotatable bonds is 4. The molecule has 0 aromatic heterocycles. The molecule has 0 unspecified atom stereocenters. The third-order valence-electron chi connectivity index (χ3n) is 2.34. The fourth-order valence-corrected chi connectivity index (χ4v) is 1.65. The second kappa shape index (κ2) is 5.08. The standard InChI is InChI=1S/C13H13ClO2/c14-6-1-7-16-13-5-3-10-8-12(15)4-2-11(10)9-13/h2-5,8-9,15H,1,6-7H2. The van der Waals surface area contributed by atoms with Crippen LogP contribution in [0.3, 0.4) is 0 Å². The van der Waals surface area contributed by atoms with Gasteiger partial charge in [-0.15, -0.1) is 11.6 Å². The number of halogens is 1. The lowest BCUT2D eigenvalue weighted by Gasteiger charge is -2.06. The average molecular weight is 237 g/mol. The van der Waals surface area contributed by atoms with Gasteiger partial charge in [0.15, 0.2) is 0 Å². The second-order valence-electron chi connectivity index (χ2n) is 3.58. The predicted octanol–water partition coefficient (Wildman–Crippen LogP) is 3.55. The number of fused-ring (bicyclic) bond motifs is 1. The molecule has 2 nitrogen and oxygen atoms in total. The van der Waals surface area contributed by atoms with Gasteiger partial charge in [-0.1, -0.05) is 12.1 Å². The number of aromatic hydroxyl groups is 1. The molecule has 0 atom stereocenters. The summed E-state index contributed by atoms with van der Waals surface area (Å²) in [5.41, 5.74) is 0. The summed E-state index contributed by atoms with van der Waals surface area (Å²) in [6.07, 6.45) is 0.842. The van der Waals surface area contributed by atoms with E-state index in [1.54, 1.807) is 12.1 Å². The highest BCUT2D eigenvalue weighted by atomic mass is 35.5. The lowest BCUT2D eigenvalue weighted by atomic mass is 10.1. The molecule has 2 rings (SSSR count). The molecule has 2 aromatic rings. The second-order valence-corrected chi connectivity index (χ2v) is 3.96. The van der Waals surface area contributed by atoms with Gasteiger partial charge in [-0.05, 0) is 41.5 Å². The van der Waals surface area contributed by atoms with Crippen LogP contribution >= 0.6 is 11.6 Å². The van der Waals surface area contributed by atoms with E-state index in [0.717, 1.165) is 22.9 Å². The van der Waals surface area contributed by atoms with Gasteiger partial charge in [-0.25, -0.2) is 0 Å². The Kier molecular flexibility index (Phi) is 3.52. The van der Waals surface area contributed by atoms with Crippen LogP contribution < -0.4 is 4.74 Å². The molecule has 0 heterocycles.